The van der Waals surface area contributed by atoms with Crippen molar-refractivity contribution in [1.82, 2.24) is 14.8 Å². The molecule has 2 heterocycles. The van der Waals surface area contributed by atoms with Crippen LogP contribution in [0, 0.1) is 0 Å². The number of anilines is 1. The Bertz CT molecular complexity index is 1080. The summed E-state index contributed by atoms with van der Waals surface area (Å²) in [6.07, 6.45) is 3.67. The summed E-state index contributed by atoms with van der Waals surface area (Å²) in [6, 6.07) is 18.3. The summed E-state index contributed by atoms with van der Waals surface area (Å²) in [4.78, 5) is 23.7. The van der Waals surface area contributed by atoms with Gasteiger partial charge in [-0.25, -0.2) is 0 Å². The topological polar surface area (TPSA) is 48.9 Å². The van der Waals surface area contributed by atoms with E-state index < -0.39 is 0 Å². The Labute approximate surface area is 196 Å². The third kappa shape index (κ3) is 5.71. The number of benzene rings is 2. The van der Waals surface area contributed by atoms with Crippen LogP contribution in [0.2, 0.25) is 0 Å². The van der Waals surface area contributed by atoms with Crippen LogP contribution in [-0.2, 0) is 19.6 Å². The van der Waals surface area contributed by atoms with Crippen LogP contribution in [0.3, 0.4) is 0 Å². The minimum atomic E-state index is 0.0356. The van der Waals surface area contributed by atoms with E-state index in [0.717, 1.165) is 36.6 Å². The molecule has 4 rings (SSSR count). The van der Waals surface area contributed by atoms with Crippen molar-refractivity contribution in [1.29, 1.82) is 0 Å². The predicted octanol–water partition coefficient (Wildman–Crippen LogP) is 4.20. The van der Waals surface area contributed by atoms with Crippen LogP contribution in [0.1, 0.15) is 34.0 Å². The summed E-state index contributed by atoms with van der Waals surface area (Å²) < 4.78 is 5.99. The van der Waals surface area contributed by atoms with Gasteiger partial charge in [0.2, 0.25) is 0 Å². The van der Waals surface area contributed by atoms with E-state index >= 15 is 0 Å². The van der Waals surface area contributed by atoms with Crippen molar-refractivity contribution in [2.24, 2.45) is 0 Å². The first-order valence-corrected chi connectivity index (χ1v) is 11.5. The smallest absolute Gasteiger partial charge is 0.254 e. The molecule has 0 aliphatic carbocycles. The minimum absolute atomic E-state index is 0.0356. The van der Waals surface area contributed by atoms with Gasteiger partial charge >= 0.3 is 0 Å². The highest BCUT2D eigenvalue weighted by Gasteiger charge is 2.22. The van der Waals surface area contributed by atoms with Crippen molar-refractivity contribution in [3.8, 4) is 5.75 Å². The lowest BCUT2D eigenvalue weighted by Gasteiger charge is -2.22. The Kier molecular flexibility index (Phi) is 7.25. The third-order valence-electron chi connectivity index (χ3n) is 6.01. The zero-order valence-corrected chi connectivity index (χ0v) is 19.7. The Hall–Kier alpha value is -3.38. The molecule has 0 N–H and O–H groups in total. The van der Waals surface area contributed by atoms with Gasteiger partial charge in [0.25, 0.3) is 5.91 Å². The number of ether oxygens (including phenoxy) is 1. The van der Waals surface area contributed by atoms with Crippen LogP contribution in [0.15, 0.2) is 67.0 Å². The number of fused-ring (bicyclic) bond motifs is 1. The van der Waals surface area contributed by atoms with Gasteiger partial charge in [0.05, 0.1) is 6.54 Å². The molecule has 0 bridgehead atoms. The lowest BCUT2D eigenvalue weighted by atomic mass is 10.1. The minimum Gasteiger partial charge on any atom is -0.491 e. The fourth-order valence-corrected chi connectivity index (χ4v) is 4.10. The number of hydrogen-bond acceptors (Lipinski definition) is 5. The second kappa shape index (κ2) is 10.5. The fourth-order valence-electron chi connectivity index (χ4n) is 4.10. The molecule has 0 saturated heterocycles. The number of carbonyl (C=O) groups excluding carboxylic acids is 1. The molecule has 1 aliphatic rings. The first-order chi connectivity index (χ1) is 16.0. The maximum atomic E-state index is 13.3. The quantitative estimate of drug-likeness (QED) is 0.547. The van der Waals surface area contributed by atoms with Gasteiger partial charge in [-0.15, -0.1) is 0 Å². The summed E-state index contributed by atoms with van der Waals surface area (Å²) in [5.41, 5.74) is 5.25. The first-order valence-electron chi connectivity index (χ1n) is 11.5. The van der Waals surface area contributed by atoms with E-state index in [1.165, 1.54) is 11.1 Å². The number of nitrogens with zero attached hydrogens (tertiary/aromatic N) is 4. The van der Waals surface area contributed by atoms with Crippen LogP contribution >= 0.6 is 0 Å². The van der Waals surface area contributed by atoms with Crippen LogP contribution in [-0.4, -0.2) is 54.5 Å². The number of carbonyl (C=O) groups is 1. The predicted molar refractivity (Wildman–Crippen MR) is 131 cm³/mol. The SMILES string of the molecule is CCN(Cc1ccncc1)Cc1ccc2c(c1)CN(C(=O)c1cccc(N(C)C)c1)CCO2. The highest BCUT2D eigenvalue weighted by molar-refractivity contribution is 5.95. The molecular weight excluding hydrogens is 412 g/mol. The van der Waals surface area contributed by atoms with Gasteiger partial charge in [0.15, 0.2) is 0 Å². The van der Waals surface area contributed by atoms with Gasteiger partial charge < -0.3 is 14.5 Å². The molecule has 1 amide bonds. The van der Waals surface area contributed by atoms with Crippen molar-refractivity contribution in [3.63, 3.8) is 0 Å². The molecule has 33 heavy (non-hydrogen) atoms. The number of rotatable bonds is 7. The molecule has 0 saturated carbocycles. The Balaban J connectivity index is 1.50. The number of pyridine rings is 1. The van der Waals surface area contributed by atoms with Gasteiger partial charge in [-0.3, -0.25) is 14.7 Å². The van der Waals surface area contributed by atoms with Gasteiger partial charge in [-0.1, -0.05) is 19.1 Å². The van der Waals surface area contributed by atoms with Crippen LogP contribution in [0.4, 0.5) is 5.69 Å². The maximum Gasteiger partial charge on any atom is 0.254 e. The van der Waals surface area contributed by atoms with E-state index in [-0.39, 0.29) is 5.91 Å². The second-order valence-corrected chi connectivity index (χ2v) is 8.62. The van der Waals surface area contributed by atoms with E-state index in [9.17, 15) is 4.79 Å². The number of aromatic nitrogens is 1. The maximum absolute atomic E-state index is 13.3. The highest BCUT2D eigenvalue weighted by atomic mass is 16.5. The summed E-state index contributed by atoms with van der Waals surface area (Å²) >= 11 is 0. The molecule has 6 nitrogen and oxygen atoms in total. The third-order valence-corrected chi connectivity index (χ3v) is 6.01. The van der Waals surface area contributed by atoms with Crippen LogP contribution in [0.25, 0.3) is 0 Å². The standard InChI is InChI=1S/C27H32N4O2/c1-4-30(18-21-10-12-28-13-11-21)19-22-8-9-26-24(16-22)20-31(14-15-33-26)27(32)23-6-5-7-25(17-23)29(2)3/h5-13,16-17H,4,14-15,18-20H2,1-3H3. The Morgan fingerprint density at radius 1 is 1.03 bits per heavy atom. The zero-order chi connectivity index (χ0) is 23.2. The van der Waals surface area contributed by atoms with Gasteiger partial charge in [-0.05, 0) is 60.1 Å². The molecule has 0 fully saturated rings. The summed E-state index contributed by atoms with van der Waals surface area (Å²) in [7, 11) is 3.96. The van der Waals surface area contributed by atoms with Crippen molar-refractivity contribution in [2.45, 2.75) is 26.6 Å². The van der Waals surface area contributed by atoms with Crippen LogP contribution in [0.5, 0.6) is 5.75 Å². The van der Waals surface area contributed by atoms with Crippen molar-refractivity contribution in [2.75, 3.05) is 38.7 Å². The molecule has 0 radical (unpaired) electrons. The fraction of sp³-hybridized carbons (Fsp3) is 0.333. The molecular formula is C27H32N4O2. The van der Waals surface area contributed by atoms with E-state index in [1.807, 2.05) is 66.6 Å². The van der Waals surface area contributed by atoms with Crippen LogP contribution < -0.4 is 9.64 Å². The lowest BCUT2D eigenvalue weighted by molar-refractivity contribution is 0.0733. The number of amides is 1. The molecule has 0 atom stereocenters. The average molecular weight is 445 g/mol. The zero-order valence-electron chi connectivity index (χ0n) is 19.7. The number of hydrogen-bond donors (Lipinski definition) is 0. The summed E-state index contributed by atoms with van der Waals surface area (Å²) in [6.45, 7) is 6.44. The van der Waals surface area contributed by atoms with E-state index in [0.29, 0.717) is 25.3 Å². The molecule has 0 unspecified atom stereocenters. The van der Waals surface area contributed by atoms with E-state index in [2.05, 4.69) is 41.1 Å². The van der Waals surface area contributed by atoms with Gasteiger partial charge in [0, 0.05) is 62.9 Å². The van der Waals surface area contributed by atoms with Gasteiger partial charge in [0.1, 0.15) is 12.4 Å². The molecule has 6 heteroatoms. The van der Waals surface area contributed by atoms with E-state index in [4.69, 9.17) is 4.74 Å². The van der Waals surface area contributed by atoms with Crippen molar-refractivity contribution in [3.05, 3.63) is 89.2 Å². The van der Waals surface area contributed by atoms with Gasteiger partial charge in [-0.2, -0.15) is 0 Å². The monoisotopic (exact) mass is 444 g/mol. The molecule has 1 aliphatic heterocycles. The molecule has 1 aromatic heterocycles. The molecule has 0 spiro atoms. The Morgan fingerprint density at radius 2 is 1.82 bits per heavy atom. The van der Waals surface area contributed by atoms with E-state index in [1.54, 1.807) is 0 Å². The molecule has 2 aromatic carbocycles. The largest absolute Gasteiger partial charge is 0.491 e. The van der Waals surface area contributed by atoms with Crippen molar-refractivity contribution < 1.29 is 9.53 Å². The summed E-state index contributed by atoms with van der Waals surface area (Å²) in [5.74, 6) is 0.904. The highest BCUT2D eigenvalue weighted by Crippen LogP contribution is 2.26. The Morgan fingerprint density at radius 3 is 2.58 bits per heavy atom. The normalized spacial score (nSPS) is 13.3. The first kappa shape index (κ1) is 22.8. The summed E-state index contributed by atoms with van der Waals surface area (Å²) in [5, 5.41) is 0. The molecule has 3 aromatic rings. The lowest BCUT2D eigenvalue weighted by Crippen LogP contribution is -2.32. The second-order valence-electron chi connectivity index (χ2n) is 8.62. The average Bonchev–Trinajstić information content (AvgIpc) is 3.06. The molecule has 172 valence electrons. The van der Waals surface area contributed by atoms with Crippen molar-refractivity contribution >= 4 is 11.6 Å².